The van der Waals surface area contributed by atoms with Crippen molar-refractivity contribution in [2.75, 3.05) is 0 Å². The number of unbranched alkanes of at least 4 members (excludes halogenated alkanes) is 2. The number of ether oxygens (including phenoxy) is 1. The first-order chi connectivity index (χ1) is 17.8. The fourth-order valence-electron chi connectivity index (χ4n) is 4.48. The van der Waals surface area contributed by atoms with Crippen LogP contribution in [0.2, 0.25) is 0 Å². The standard InChI is InChI=1S/C30H26F6O/c1-2-3-4-5-19-15-25(32)28(26(33)16-19)22-11-12-23-21(17-22)10-9-20(29(23)34)8-6-18-7-13-27(24(31)14-18)37-30(35)36/h7,9-17,30H,2-6,8H2,1H3. The lowest BCUT2D eigenvalue weighted by Gasteiger charge is -2.12. The average Bonchev–Trinajstić information content (AvgIpc) is 2.85. The number of fused-ring (bicyclic) bond motifs is 1. The molecule has 0 bridgehead atoms. The topological polar surface area (TPSA) is 9.23 Å². The van der Waals surface area contributed by atoms with Gasteiger partial charge in [0, 0.05) is 5.39 Å². The minimum atomic E-state index is -3.13. The van der Waals surface area contributed by atoms with Gasteiger partial charge in [0.25, 0.3) is 0 Å². The summed E-state index contributed by atoms with van der Waals surface area (Å²) in [5.74, 6) is -3.25. The maximum absolute atomic E-state index is 15.2. The molecule has 1 nitrogen and oxygen atoms in total. The molecule has 4 aromatic carbocycles. The molecule has 37 heavy (non-hydrogen) atoms. The van der Waals surface area contributed by atoms with E-state index in [1.165, 1.54) is 30.3 Å². The SMILES string of the molecule is CCCCCc1cc(F)c(-c2ccc3c(F)c(CCc4ccc(OC(F)F)c(F)c4)ccc3c2)c(F)c1. The molecule has 0 saturated heterocycles. The summed E-state index contributed by atoms with van der Waals surface area (Å²) in [5, 5.41) is 0.786. The van der Waals surface area contributed by atoms with E-state index < -0.39 is 35.6 Å². The predicted octanol–water partition coefficient (Wildman–Crippen LogP) is 9.18. The summed E-state index contributed by atoms with van der Waals surface area (Å²) in [6.07, 6.45) is 3.98. The summed E-state index contributed by atoms with van der Waals surface area (Å²) in [7, 11) is 0. The lowest BCUT2D eigenvalue weighted by Crippen LogP contribution is -2.04. The van der Waals surface area contributed by atoms with Crippen LogP contribution in [0.4, 0.5) is 26.3 Å². The molecular weight excluding hydrogens is 490 g/mol. The third kappa shape index (κ3) is 6.27. The number of hydrogen-bond acceptors (Lipinski definition) is 1. The first kappa shape index (κ1) is 26.6. The fourth-order valence-corrected chi connectivity index (χ4v) is 4.48. The zero-order chi connectivity index (χ0) is 26.5. The average molecular weight is 517 g/mol. The van der Waals surface area contributed by atoms with Crippen molar-refractivity contribution in [2.24, 2.45) is 0 Å². The van der Waals surface area contributed by atoms with Crippen LogP contribution in [0.5, 0.6) is 5.75 Å². The highest BCUT2D eigenvalue weighted by atomic mass is 19.3. The molecule has 0 spiro atoms. The first-order valence-corrected chi connectivity index (χ1v) is 12.2. The second-order valence-electron chi connectivity index (χ2n) is 9.01. The quantitative estimate of drug-likeness (QED) is 0.151. The largest absolute Gasteiger partial charge is 0.432 e. The highest BCUT2D eigenvalue weighted by molar-refractivity contribution is 5.88. The molecule has 0 saturated carbocycles. The predicted molar refractivity (Wildman–Crippen MR) is 133 cm³/mol. The van der Waals surface area contributed by atoms with E-state index in [4.69, 9.17) is 0 Å². The van der Waals surface area contributed by atoms with Crippen molar-refractivity contribution >= 4 is 10.8 Å². The third-order valence-electron chi connectivity index (χ3n) is 6.39. The van der Waals surface area contributed by atoms with E-state index >= 15 is 4.39 Å². The Morgan fingerprint density at radius 2 is 1.43 bits per heavy atom. The number of alkyl halides is 2. The summed E-state index contributed by atoms with van der Waals surface area (Å²) >= 11 is 0. The van der Waals surface area contributed by atoms with Crippen LogP contribution in [0.1, 0.15) is 42.9 Å². The van der Waals surface area contributed by atoms with Crippen molar-refractivity contribution in [3.05, 3.63) is 101 Å². The van der Waals surface area contributed by atoms with E-state index in [-0.39, 0.29) is 18.4 Å². The summed E-state index contributed by atoms with van der Waals surface area (Å²) in [4.78, 5) is 0. The molecule has 0 aliphatic heterocycles. The van der Waals surface area contributed by atoms with Gasteiger partial charge in [-0.3, -0.25) is 0 Å². The molecule has 0 atom stereocenters. The third-order valence-corrected chi connectivity index (χ3v) is 6.39. The van der Waals surface area contributed by atoms with Crippen molar-refractivity contribution in [1.29, 1.82) is 0 Å². The number of halogens is 6. The van der Waals surface area contributed by atoms with Gasteiger partial charge in [-0.15, -0.1) is 0 Å². The summed E-state index contributed by atoms with van der Waals surface area (Å²) < 4.78 is 87.6. The number of rotatable bonds is 10. The molecule has 4 rings (SSSR count). The lowest BCUT2D eigenvalue weighted by atomic mass is 9.95. The molecule has 0 unspecified atom stereocenters. The van der Waals surface area contributed by atoms with Gasteiger partial charge in [-0.25, -0.2) is 17.6 Å². The second-order valence-corrected chi connectivity index (χ2v) is 9.01. The molecule has 4 aromatic rings. The second kappa shape index (κ2) is 11.7. The Bertz CT molecular complexity index is 1380. The van der Waals surface area contributed by atoms with Gasteiger partial charge in [0.2, 0.25) is 0 Å². The Morgan fingerprint density at radius 3 is 2.11 bits per heavy atom. The molecule has 0 amide bonds. The minimum absolute atomic E-state index is 0.146. The van der Waals surface area contributed by atoms with Gasteiger partial charge < -0.3 is 4.74 Å². The zero-order valence-electron chi connectivity index (χ0n) is 20.3. The molecule has 0 aromatic heterocycles. The highest BCUT2D eigenvalue weighted by Crippen LogP contribution is 2.32. The Balaban J connectivity index is 1.53. The van der Waals surface area contributed by atoms with Gasteiger partial charge in [0.1, 0.15) is 17.5 Å². The molecule has 0 heterocycles. The molecule has 0 radical (unpaired) electrons. The van der Waals surface area contributed by atoms with Crippen molar-refractivity contribution in [3.63, 3.8) is 0 Å². The van der Waals surface area contributed by atoms with E-state index in [2.05, 4.69) is 11.7 Å². The summed E-state index contributed by atoms with van der Waals surface area (Å²) in [6, 6.07) is 14.2. The number of aryl methyl sites for hydroxylation is 3. The van der Waals surface area contributed by atoms with Crippen molar-refractivity contribution in [2.45, 2.75) is 52.1 Å². The van der Waals surface area contributed by atoms with Crippen molar-refractivity contribution in [1.82, 2.24) is 0 Å². The molecule has 0 aliphatic carbocycles. The minimum Gasteiger partial charge on any atom is -0.432 e. The van der Waals surface area contributed by atoms with Gasteiger partial charge >= 0.3 is 6.61 Å². The molecular formula is C30H26F6O. The van der Waals surface area contributed by atoms with E-state index in [1.54, 1.807) is 18.2 Å². The van der Waals surface area contributed by atoms with Crippen LogP contribution in [0.15, 0.2) is 60.7 Å². The maximum atomic E-state index is 15.2. The maximum Gasteiger partial charge on any atom is 0.387 e. The number of hydrogen-bond donors (Lipinski definition) is 0. The molecule has 0 aliphatic rings. The van der Waals surface area contributed by atoms with Gasteiger partial charge in [0.15, 0.2) is 11.6 Å². The first-order valence-electron chi connectivity index (χ1n) is 12.2. The molecule has 0 N–H and O–H groups in total. The lowest BCUT2D eigenvalue weighted by molar-refractivity contribution is -0.0522. The van der Waals surface area contributed by atoms with Crippen LogP contribution in [0, 0.1) is 23.3 Å². The van der Waals surface area contributed by atoms with Gasteiger partial charge in [-0.05, 0) is 83.7 Å². The number of benzene rings is 4. The highest BCUT2D eigenvalue weighted by Gasteiger charge is 2.16. The van der Waals surface area contributed by atoms with E-state index in [1.807, 2.05) is 0 Å². The summed E-state index contributed by atoms with van der Waals surface area (Å²) in [5.41, 5.74) is 1.66. The smallest absolute Gasteiger partial charge is 0.387 e. The van der Waals surface area contributed by atoms with Crippen LogP contribution < -0.4 is 4.74 Å². The van der Waals surface area contributed by atoms with Crippen molar-refractivity contribution in [3.8, 4) is 16.9 Å². The summed E-state index contributed by atoms with van der Waals surface area (Å²) in [6.45, 7) is -1.07. The van der Waals surface area contributed by atoms with Gasteiger partial charge in [-0.2, -0.15) is 8.78 Å². The Hall–Kier alpha value is -3.48. The van der Waals surface area contributed by atoms with E-state index in [0.717, 1.165) is 31.4 Å². The molecule has 194 valence electrons. The van der Waals surface area contributed by atoms with E-state index in [9.17, 15) is 22.0 Å². The van der Waals surface area contributed by atoms with Crippen molar-refractivity contribution < 1.29 is 31.1 Å². The Morgan fingerprint density at radius 1 is 0.703 bits per heavy atom. The van der Waals surface area contributed by atoms with Crippen LogP contribution in [0.25, 0.3) is 21.9 Å². The van der Waals surface area contributed by atoms with E-state index in [0.29, 0.717) is 39.4 Å². The van der Waals surface area contributed by atoms with Crippen LogP contribution in [0.3, 0.4) is 0 Å². The Kier molecular flexibility index (Phi) is 8.41. The van der Waals surface area contributed by atoms with Crippen LogP contribution in [-0.4, -0.2) is 6.61 Å². The molecule has 7 heteroatoms. The van der Waals surface area contributed by atoms with Crippen LogP contribution in [-0.2, 0) is 19.3 Å². The Labute approximate surface area is 211 Å². The van der Waals surface area contributed by atoms with Gasteiger partial charge in [0.05, 0.1) is 5.56 Å². The van der Waals surface area contributed by atoms with Crippen LogP contribution >= 0.6 is 0 Å². The fraction of sp³-hybridized carbons (Fsp3) is 0.267. The van der Waals surface area contributed by atoms with Gasteiger partial charge in [-0.1, -0.05) is 50.1 Å². The zero-order valence-corrected chi connectivity index (χ0v) is 20.3. The monoisotopic (exact) mass is 516 g/mol. The molecule has 0 fully saturated rings. The normalized spacial score (nSPS) is 11.5.